The van der Waals surface area contributed by atoms with E-state index in [1.807, 2.05) is 48.5 Å². The summed E-state index contributed by atoms with van der Waals surface area (Å²) in [5.41, 5.74) is 11.8. The normalized spacial score (nSPS) is 24.3. The van der Waals surface area contributed by atoms with Crippen LogP contribution in [0.5, 0.6) is 0 Å². The molecule has 4 saturated carbocycles. The molecule has 4 fully saturated rings. The van der Waals surface area contributed by atoms with Gasteiger partial charge in [-0.05, 0) is 95.2 Å². The lowest BCUT2D eigenvalue weighted by molar-refractivity contribution is -0.0399. The number of hydrogen-bond acceptors (Lipinski definition) is 3. The second kappa shape index (κ2) is 10.6. The second-order valence-corrected chi connectivity index (χ2v) is 14.4. The molecule has 4 bridgehead atoms. The van der Waals surface area contributed by atoms with E-state index in [4.69, 9.17) is 21.5 Å². The van der Waals surface area contributed by atoms with Gasteiger partial charge in [-0.3, -0.25) is 0 Å². The molecule has 1 aromatic heterocycles. The van der Waals surface area contributed by atoms with Gasteiger partial charge in [0, 0.05) is 22.1 Å². The van der Waals surface area contributed by atoms with Gasteiger partial charge in [-0.1, -0.05) is 115 Å². The molecule has 0 saturated heterocycles. The van der Waals surface area contributed by atoms with Crippen molar-refractivity contribution in [1.29, 1.82) is 0 Å². The Morgan fingerprint density at radius 3 is 1.65 bits per heavy atom. The molecule has 11 rings (SSSR count). The lowest BCUT2D eigenvalue weighted by Crippen LogP contribution is -2.55. The van der Waals surface area contributed by atoms with Gasteiger partial charge in [0.15, 0.2) is 23.2 Å². The molecule has 230 valence electrons. The van der Waals surface area contributed by atoms with Gasteiger partial charge in [0.25, 0.3) is 0 Å². The van der Waals surface area contributed by atoms with E-state index in [1.54, 1.807) is 0 Å². The Bertz CT molecular complexity index is 2160. The van der Waals surface area contributed by atoms with Gasteiger partial charge in [-0.25, -0.2) is 19.8 Å². The average Bonchev–Trinajstić information content (AvgIpc) is 3.44. The molecule has 5 aliphatic rings. The molecule has 6 aromatic rings. The van der Waals surface area contributed by atoms with Crippen molar-refractivity contribution in [3.05, 3.63) is 144 Å². The van der Waals surface area contributed by atoms with Crippen LogP contribution >= 0.6 is 0 Å². The number of fused-ring (bicyclic) bond motifs is 3. The van der Waals surface area contributed by atoms with E-state index in [9.17, 15) is 0 Å². The maximum atomic E-state index is 7.51. The Morgan fingerprint density at radius 2 is 1.06 bits per heavy atom. The summed E-state index contributed by atoms with van der Waals surface area (Å²) in [5, 5.41) is 0. The van der Waals surface area contributed by atoms with Gasteiger partial charge >= 0.3 is 0 Å². The van der Waals surface area contributed by atoms with Crippen molar-refractivity contribution in [2.24, 2.45) is 23.7 Å². The van der Waals surface area contributed by atoms with Crippen LogP contribution in [0.3, 0.4) is 0 Å². The predicted molar refractivity (Wildman–Crippen MR) is 191 cm³/mol. The van der Waals surface area contributed by atoms with Crippen LogP contribution in [0.1, 0.15) is 43.2 Å². The first-order chi connectivity index (χ1) is 23.7. The van der Waals surface area contributed by atoms with Crippen LogP contribution in [0.15, 0.2) is 121 Å². The zero-order chi connectivity index (χ0) is 31.8. The van der Waals surface area contributed by atoms with Crippen molar-refractivity contribution in [3.8, 4) is 56.4 Å². The van der Waals surface area contributed by atoms with Crippen LogP contribution in [0.25, 0.3) is 61.3 Å². The molecule has 0 radical (unpaired) electrons. The van der Waals surface area contributed by atoms with E-state index in [0.717, 1.165) is 34.1 Å². The lowest BCUT2D eigenvalue weighted by Gasteiger charge is -2.61. The Kier molecular flexibility index (Phi) is 6.09. The highest BCUT2D eigenvalue weighted by molar-refractivity contribution is 5.94. The molecule has 0 N–H and O–H groups in total. The highest BCUT2D eigenvalue weighted by Gasteiger charge is 2.61. The molecule has 1 spiro atoms. The monoisotopic (exact) mass is 618 g/mol. The summed E-state index contributed by atoms with van der Waals surface area (Å²) >= 11 is 0. The van der Waals surface area contributed by atoms with Crippen molar-refractivity contribution in [1.82, 2.24) is 15.0 Å². The molecule has 5 aliphatic carbocycles. The van der Waals surface area contributed by atoms with Crippen LogP contribution in [0, 0.1) is 30.2 Å². The number of nitrogens with zero attached hydrogens (tertiary/aromatic N) is 4. The predicted octanol–water partition coefficient (Wildman–Crippen LogP) is 10.8. The summed E-state index contributed by atoms with van der Waals surface area (Å²) in [5.74, 6) is 5.16. The standard InChI is InChI=1S/C44H34N4/c1-45-35-18-15-29(16-19-35)36-13-8-14-39-40(36)37-26-32(17-20-38(37)44(39)33-22-27-21-28(24-33)25-34(44)23-27)43-47-41(30-9-4-2-5-10-30)46-42(48-43)31-11-6-3-7-12-31/h2-20,26-28,33-34H,21-25H2. The Morgan fingerprint density at radius 1 is 0.500 bits per heavy atom. The van der Waals surface area contributed by atoms with Crippen molar-refractivity contribution in [2.75, 3.05) is 0 Å². The summed E-state index contributed by atoms with van der Waals surface area (Å²) in [6, 6.07) is 42.7. The van der Waals surface area contributed by atoms with Gasteiger partial charge in [0.1, 0.15) is 0 Å². The van der Waals surface area contributed by atoms with E-state index in [-0.39, 0.29) is 5.41 Å². The van der Waals surface area contributed by atoms with Gasteiger partial charge in [-0.15, -0.1) is 0 Å². The fourth-order valence-electron chi connectivity index (χ4n) is 10.3. The zero-order valence-electron chi connectivity index (χ0n) is 26.7. The Hall–Kier alpha value is -5.40. The molecule has 4 heteroatoms. The van der Waals surface area contributed by atoms with Gasteiger partial charge < -0.3 is 0 Å². The van der Waals surface area contributed by atoms with Crippen LogP contribution in [0.4, 0.5) is 5.69 Å². The summed E-state index contributed by atoms with van der Waals surface area (Å²) < 4.78 is 0. The SMILES string of the molecule is [C-]#[N+]c1ccc(-c2cccc3c2-c2cc(-c4nc(-c5ccccc5)nc(-c5ccccc5)n4)ccc2C32C3CC4CC(C3)CC2C4)cc1. The van der Waals surface area contributed by atoms with Crippen LogP contribution in [0.2, 0.25) is 0 Å². The largest absolute Gasteiger partial charge is 0.238 e. The second-order valence-electron chi connectivity index (χ2n) is 14.4. The first-order valence-corrected chi connectivity index (χ1v) is 17.3. The number of benzene rings is 5. The quantitative estimate of drug-likeness (QED) is 0.185. The smallest absolute Gasteiger partial charge is 0.187 e. The molecule has 0 amide bonds. The third kappa shape index (κ3) is 4.04. The summed E-state index contributed by atoms with van der Waals surface area (Å²) in [6.07, 6.45) is 6.79. The molecular formula is C44H34N4. The fraction of sp³-hybridized carbons (Fsp3) is 0.227. The number of rotatable bonds is 4. The van der Waals surface area contributed by atoms with E-state index in [1.165, 1.54) is 59.9 Å². The summed E-state index contributed by atoms with van der Waals surface area (Å²) in [7, 11) is 0. The fourth-order valence-corrected chi connectivity index (χ4v) is 10.3. The van der Waals surface area contributed by atoms with Crippen molar-refractivity contribution in [3.63, 3.8) is 0 Å². The van der Waals surface area contributed by atoms with Crippen molar-refractivity contribution < 1.29 is 0 Å². The Labute approximate surface area is 281 Å². The first kappa shape index (κ1) is 27.7. The molecular weight excluding hydrogens is 585 g/mol. The van der Waals surface area contributed by atoms with Crippen molar-refractivity contribution in [2.45, 2.75) is 37.5 Å². The number of aromatic nitrogens is 3. The van der Waals surface area contributed by atoms with E-state index >= 15 is 0 Å². The third-order valence-corrected chi connectivity index (χ3v) is 11.9. The van der Waals surface area contributed by atoms with Crippen molar-refractivity contribution >= 4 is 5.69 Å². The molecule has 0 unspecified atom stereocenters. The molecule has 5 aromatic carbocycles. The van der Waals surface area contributed by atoms with Crippen LogP contribution in [-0.4, -0.2) is 15.0 Å². The zero-order valence-corrected chi connectivity index (χ0v) is 26.7. The highest BCUT2D eigenvalue weighted by atomic mass is 15.0. The molecule has 48 heavy (non-hydrogen) atoms. The van der Waals surface area contributed by atoms with Gasteiger partial charge in [-0.2, -0.15) is 0 Å². The van der Waals surface area contributed by atoms with E-state index in [0.29, 0.717) is 35.0 Å². The Balaban J connectivity index is 1.20. The van der Waals surface area contributed by atoms with Crippen LogP contribution in [-0.2, 0) is 5.41 Å². The topological polar surface area (TPSA) is 43.0 Å². The minimum absolute atomic E-state index is 0.0482. The molecule has 4 nitrogen and oxygen atoms in total. The lowest BCUT2D eigenvalue weighted by atomic mass is 9.43. The van der Waals surface area contributed by atoms with Gasteiger partial charge in [0.05, 0.1) is 6.57 Å². The summed E-state index contributed by atoms with van der Waals surface area (Å²) in [4.78, 5) is 18.8. The molecule has 0 aliphatic heterocycles. The maximum Gasteiger partial charge on any atom is 0.187 e. The minimum atomic E-state index is 0.0482. The van der Waals surface area contributed by atoms with Gasteiger partial charge in [0.2, 0.25) is 0 Å². The number of hydrogen-bond donors (Lipinski definition) is 0. The van der Waals surface area contributed by atoms with E-state index in [2.05, 4.69) is 77.6 Å². The molecule has 1 heterocycles. The summed E-state index contributed by atoms with van der Waals surface area (Å²) in [6.45, 7) is 7.51. The molecule has 0 atom stereocenters. The van der Waals surface area contributed by atoms with Crippen LogP contribution < -0.4 is 0 Å². The first-order valence-electron chi connectivity index (χ1n) is 17.3. The third-order valence-electron chi connectivity index (χ3n) is 11.9. The van der Waals surface area contributed by atoms with E-state index < -0.39 is 0 Å². The minimum Gasteiger partial charge on any atom is -0.238 e. The maximum absolute atomic E-state index is 7.51. The highest BCUT2D eigenvalue weighted by Crippen LogP contribution is 2.70. The average molecular weight is 619 g/mol.